The number of pyridine rings is 1. The minimum absolute atomic E-state index is 0.0135. The van der Waals surface area contributed by atoms with Crippen LogP contribution in [0.5, 0.6) is 0 Å². The van der Waals surface area contributed by atoms with E-state index in [1.165, 1.54) is 6.42 Å². The van der Waals surface area contributed by atoms with Crippen LogP contribution in [0.2, 0.25) is 0 Å². The first-order chi connectivity index (χ1) is 11.7. The molecule has 1 aliphatic carbocycles. The molecule has 7 heteroatoms. The Labute approximate surface area is 146 Å². The number of thioether (sulfide) groups is 1. The molecule has 0 bridgehead atoms. The van der Waals surface area contributed by atoms with E-state index in [2.05, 4.69) is 21.5 Å². The lowest BCUT2D eigenvalue weighted by molar-refractivity contribution is 0.190. The highest BCUT2D eigenvalue weighted by atomic mass is 32.2. The molecule has 1 fully saturated rings. The summed E-state index contributed by atoms with van der Waals surface area (Å²) in [4.78, 5) is 22.6. The fourth-order valence-electron chi connectivity index (χ4n) is 3.02. The lowest BCUT2D eigenvalue weighted by atomic mass is 10.2. The van der Waals surface area contributed by atoms with E-state index in [1.807, 2.05) is 46.6 Å². The molecule has 3 rings (SSSR count). The molecule has 2 aromatic heterocycles. The predicted octanol–water partition coefficient (Wildman–Crippen LogP) is 2.69. The molecule has 0 radical (unpaired) electrons. The van der Waals surface area contributed by atoms with E-state index in [0.717, 1.165) is 24.2 Å². The van der Waals surface area contributed by atoms with E-state index < -0.39 is 0 Å². The van der Waals surface area contributed by atoms with Crippen molar-refractivity contribution >= 4 is 17.8 Å². The number of carbonyl (C=O) groups is 1. The number of imidazole rings is 1. The van der Waals surface area contributed by atoms with Crippen molar-refractivity contribution < 1.29 is 4.79 Å². The highest BCUT2D eigenvalue weighted by molar-refractivity contribution is 7.99. The van der Waals surface area contributed by atoms with Gasteiger partial charge in [0.2, 0.25) is 0 Å². The number of nitrogens with one attached hydrogen (secondary N) is 1. The summed E-state index contributed by atoms with van der Waals surface area (Å²) in [5, 5.41) is 3.67. The SMILES string of the molecule is CSC1CCC(N(C)C(=O)NCc2ccc(-n3ccnc3)nc2)C1. The quantitative estimate of drug-likeness (QED) is 0.905. The van der Waals surface area contributed by atoms with E-state index in [0.29, 0.717) is 17.8 Å². The van der Waals surface area contributed by atoms with Gasteiger partial charge in [-0.2, -0.15) is 11.8 Å². The van der Waals surface area contributed by atoms with Crippen LogP contribution in [0.1, 0.15) is 24.8 Å². The van der Waals surface area contributed by atoms with Gasteiger partial charge in [-0.3, -0.25) is 4.57 Å². The lowest BCUT2D eigenvalue weighted by Gasteiger charge is -2.25. The van der Waals surface area contributed by atoms with Crippen molar-refractivity contribution in [1.82, 2.24) is 24.8 Å². The molecular formula is C17H23N5OS. The molecule has 24 heavy (non-hydrogen) atoms. The monoisotopic (exact) mass is 345 g/mol. The number of hydrogen-bond donors (Lipinski definition) is 1. The van der Waals surface area contributed by atoms with E-state index in [-0.39, 0.29) is 6.03 Å². The maximum atomic E-state index is 12.3. The van der Waals surface area contributed by atoms with Crippen molar-refractivity contribution in [2.45, 2.75) is 37.1 Å². The van der Waals surface area contributed by atoms with Crippen LogP contribution in [0, 0.1) is 0 Å². The van der Waals surface area contributed by atoms with Gasteiger partial charge in [0.15, 0.2) is 0 Å². The second kappa shape index (κ2) is 7.70. The standard InChI is InChI=1S/C17H23N5OS/c1-21(14-4-5-15(9-14)24-2)17(23)20-11-13-3-6-16(19-10-13)22-8-7-18-12-22/h3,6-8,10,12,14-15H,4-5,9,11H2,1-2H3,(H,20,23). The van der Waals surface area contributed by atoms with Crippen molar-refractivity contribution in [2.75, 3.05) is 13.3 Å². The third-order valence-electron chi connectivity index (χ3n) is 4.58. The number of nitrogens with zero attached hydrogens (tertiary/aromatic N) is 4. The average Bonchev–Trinajstić information content (AvgIpc) is 3.30. The summed E-state index contributed by atoms with van der Waals surface area (Å²) in [5.74, 6) is 0.814. The molecule has 2 atom stereocenters. The Hall–Kier alpha value is -2.02. The molecule has 1 N–H and O–H groups in total. The first kappa shape index (κ1) is 16.8. The lowest BCUT2D eigenvalue weighted by Crippen LogP contribution is -2.42. The minimum Gasteiger partial charge on any atom is -0.334 e. The Kier molecular flexibility index (Phi) is 5.40. The average molecular weight is 345 g/mol. The Morgan fingerprint density at radius 1 is 1.46 bits per heavy atom. The van der Waals surface area contributed by atoms with E-state index in [4.69, 9.17) is 0 Å². The molecule has 2 amide bonds. The molecule has 0 spiro atoms. The van der Waals surface area contributed by atoms with Crippen LogP contribution in [-0.4, -0.2) is 50.1 Å². The Bertz CT molecular complexity index is 658. The van der Waals surface area contributed by atoms with Gasteiger partial charge >= 0.3 is 6.03 Å². The number of hydrogen-bond acceptors (Lipinski definition) is 4. The first-order valence-electron chi connectivity index (χ1n) is 8.14. The van der Waals surface area contributed by atoms with Crippen molar-refractivity contribution in [1.29, 1.82) is 0 Å². The van der Waals surface area contributed by atoms with E-state index >= 15 is 0 Å². The third-order valence-corrected chi connectivity index (χ3v) is 5.67. The molecule has 0 aliphatic heterocycles. The van der Waals surface area contributed by atoms with Gasteiger partial charge in [-0.25, -0.2) is 14.8 Å². The molecule has 1 saturated carbocycles. The summed E-state index contributed by atoms with van der Waals surface area (Å²) in [6.45, 7) is 0.485. The summed E-state index contributed by atoms with van der Waals surface area (Å²) >= 11 is 1.90. The molecule has 1 aliphatic rings. The Morgan fingerprint density at radius 3 is 2.96 bits per heavy atom. The van der Waals surface area contributed by atoms with Gasteiger partial charge < -0.3 is 10.2 Å². The molecule has 2 unspecified atom stereocenters. The van der Waals surface area contributed by atoms with Crippen LogP contribution in [-0.2, 0) is 6.54 Å². The van der Waals surface area contributed by atoms with Gasteiger partial charge in [0.05, 0.1) is 0 Å². The summed E-state index contributed by atoms with van der Waals surface area (Å²) in [7, 11) is 1.89. The maximum Gasteiger partial charge on any atom is 0.317 e. The fraction of sp³-hybridized carbons (Fsp3) is 0.471. The number of carbonyl (C=O) groups excluding carboxylic acids is 1. The van der Waals surface area contributed by atoms with Crippen LogP contribution >= 0.6 is 11.8 Å². The molecule has 0 saturated heterocycles. The second-order valence-electron chi connectivity index (χ2n) is 6.09. The van der Waals surface area contributed by atoms with E-state index in [1.54, 1.807) is 18.7 Å². The van der Waals surface area contributed by atoms with Crippen molar-refractivity contribution in [3.63, 3.8) is 0 Å². The zero-order valence-electron chi connectivity index (χ0n) is 14.1. The number of amides is 2. The number of rotatable bonds is 5. The summed E-state index contributed by atoms with van der Waals surface area (Å²) in [6.07, 6.45) is 12.6. The van der Waals surface area contributed by atoms with Crippen molar-refractivity contribution in [2.24, 2.45) is 0 Å². The maximum absolute atomic E-state index is 12.3. The van der Waals surface area contributed by atoms with E-state index in [9.17, 15) is 4.79 Å². The fourth-order valence-corrected chi connectivity index (χ4v) is 3.81. The summed E-state index contributed by atoms with van der Waals surface area (Å²) < 4.78 is 1.85. The van der Waals surface area contributed by atoms with Gasteiger partial charge in [0.25, 0.3) is 0 Å². The largest absolute Gasteiger partial charge is 0.334 e. The van der Waals surface area contributed by atoms with Crippen LogP contribution in [0.3, 0.4) is 0 Å². The van der Waals surface area contributed by atoms with Gasteiger partial charge in [0.1, 0.15) is 12.1 Å². The minimum atomic E-state index is -0.0135. The highest BCUT2D eigenvalue weighted by Gasteiger charge is 2.29. The molecule has 0 aromatic carbocycles. The highest BCUT2D eigenvalue weighted by Crippen LogP contribution is 2.30. The molecular weight excluding hydrogens is 322 g/mol. The summed E-state index contributed by atoms with van der Waals surface area (Å²) in [6, 6.07) is 4.24. The Balaban J connectivity index is 1.51. The van der Waals surface area contributed by atoms with Gasteiger partial charge in [0, 0.05) is 43.5 Å². The van der Waals surface area contributed by atoms with Crippen LogP contribution in [0.15, 0.2) is 37.1 Å². The molecule has 2 aromatic rings. The normalized spacial score (nSPS) is 20.1. The van der Waals surface area contributed by atoms with Crippen molar-refractivity contribution in [3.8, 4) is 5.82 Å². The van der Waals surface area contributed by atoms with Crippen LogP contribution < -0.4 is 5.32 Å². The zero-order chi connectivity index (χ0) is 16.9. The smallest absolute Gasteiger partial charge is 0.317 e. The third kappa shape index (κ3) is 3.90. The zero-order valence-corrected chi connectivity index (χ0v) is 14.9. The van der Waals surface area contributed by atoms with Gasteiger partial charge in [-0.05, 0) is 37.1 Å². The second-order valence-corrected chi connectivity index (χ2v) is 7.23. The predicted molar refractivity (Wildman–Crippen MR) is 96.3 cm³/mol. The molecule has 2 heterocycles. The number of urea groups is 1. The van der Waals surface area contributed by atoms with Crippen LogP contribution in [0.25, 0.3) is 5.82 Å². The topological polar surface area (TPSA) is 63.1 Å². The first-order valence-corrected chi connectivity index (χ1v) is 9.43. The van der Waals surface area contributed by atoms with Crippen LogP contribution in [0.4, 0.5) is 4.79 Å². The van der Waals surface area contributed by atoms with Gasteiger partial charge in [-0.15, -0.1) is 0 Å². The van der Waals surface area contributed by atoms with Gasteiger partial charge in [-0.1, -0.05) is 6.07 Å². The van der Waals surface area contributed by atoms with Crippen molar-refractivity contribution in [3.05, 3.63) is 42.6 Å². The molecule has 128 valence electrons. The summed E-state index contributed by atoms with van der Waals surface area (Å²) in [5.41, 5.74) is 0.981. The molecule has 6 nitrogen and oxygen atoms in total. The Morgan fingerprint density at radius 2 is 2.33 bits per heavy atom. The number of aromatic nitrogens is 3.